The van der Waals surface area contributed by atoms with E-state index >= 15 is 0 Å². The molecule has 10 heteroatoms. The van der Waals surface area contributed by atoms with Gasteiger partial charge in [-0.2, -0.15) is 0 Å². The van der Waals surface area contributed by atoms with E-state index < -0.39 is 11.8 Å². The van der Waals surface area contributed by atoms with Crippen LogP contribution in [-0.2, 0) is 4.79 Å². The number of hydrogen-bond acceptors (Lipinski definition) is 6. The first-order valence-corrected chi connectivity index (χ1v) is 10.5. The second-order valence-electron chi connectivity index (χ2n) is 6.43. The van der Waals surface area contributed by atoms with E-state index in [4.69, 9.17) is 11.5 Å². The Balaban J connectivity index is 1.63. The Hall–Kier alpha value is -4.23. The summed E-state index contributed by atoms with van der Waals surface area (Å²) >= 11 is 1.11. The summed E-state index contributed by atoms with van der Waals surface area (Å²) in [4.78, 5) is 35.8. The van der Waals surface area contributed by atoms with Crippen molar-refractivity contribution < 1.29 is 9.59 Å². The maximum absolute atomic E-state index is 12.1. The highest BCUT2D eigenvalue weighted by Crippen LogP contribution is 2.31. The summed E-state index contributed by atoms with van der Waals surface area (Å²) in [6, 6.07) is 13.8. The van der Waals surface area contributed by atoms with Crippen molar-refractivity contribution in [3.63, 3.8) is 0 Å². The minimum absolute atomic E-state index is 0.0248. The van der Waals surface area contributed by atoms with Gasteiger partial charge in [0.25, 0.3) is 5.91 Å². The van der Waals surface area contributed by atoms with E-state index in [1.807, 2.05) is 42.5 Å². The predicted octanol–water partition coefficient (Wildman–Crippen LogP) is 2.88. The topological polar surface area (TPSA) is 148 Å². The zero-order valence-corrected chi connectivity index (χ0v) is 17.9. The molecule has 0 aliphatic carbocycles. The van der Waals surface area contributed by atoms with Gasteiger partial charge in [-0.15, -0.1) is 0 Å². The van der Waals surface area contributed by atoms with Gasteiger partial charge in [-0.05, 0) is 35.2 Å². The number of anilines is 3. The van der Waals surface area contributed by atoms with E-state index in [-0.39, 0.29) is 10.7 Å². The quantitative estimate of drug-likeness (QED) is 0.181. The highest BCUT2D eigenvalue weighted by Gasteiger charge is 2.17. The molecule has 3 rings (SSSR count). The molecular weight excluding hydrogens is 426 g/mol. The van der Waals surface area contributed by atoms with Gasteiger partial charge in [-0.3, -0.25) is 14.6 Å². The van der Waals surface area contributed by atoms with Crippen LogP contribution in [0.3, 0.4) is 0 Å². The number of amides is 2. The van der Waals surface area contributed by atoms with Crippen molar-refractivity contribution in [1.29, 1.82) is 0 Å². The summed E-state index contributed by atoms with van der Waals surface area (Å²) in [6.07, 6.45) is 3.66. The van der Waals surface area contributed by atoms with Crippen molar-refractivity contribution in [2.45, 2.75) is 12.8 Å². The molecule has 0 aliphatic heterocycles. The number of benzene rings is 2. The molecule has 6 N–H and O–H groups in total. The third kappa shape index (κ3) is 6.38. The van der Waals surface area contributed by atoms with Crippen molar-refractivity contribution in [3.05, 3.63) is 48.2 Å². The van der Waals surface area contributed by atoms with Crippen molar-refractivity contribution in [1.82, 2.24) is 4.98 Å². The molecule has 3 aromatic rings. The van der Waals surface area contributed by atoms with Crippen LogP contribution in [-0.4, -0.2) is 36.0 Å². The number of carbonyl (C=O) groups is 2. The summed E-state index contributed by atoms with van der Waals surface area (Å²) in [7, 11) is 0. The molecule has 0 unspecified atom stereocenters. The summed E-state index contributed by atoms with van der Waals surface area (Å²) in [5.74, 6) is 3.95. The van der Waals surface area contributed by atoms with Crippen LogP contribution < -0.4 is 22.1 Å². The molecule has 0 fully saturated rings. The van der Waals surface area contributed by atoms with E-state index in [0.717, 1.165) is 34.1 Å². The van der Waals surface area contributed by atoms with Crippen LogP contribution in [0.2, 0.25) is 0 Å². The molecule has 0 spiro atoms. The fourth-order valence-corrected chi connectivity index (χ4v) is 3.58. The summed E-state index contributed by atoms with van der Waals surface area (Å²) in [6.45, 7) is 0.526. The number of aromatic nitrogens is 1. The predicted molar refractivity (Wildman–Crippen MR) is 130 cm³/mol. The average Bonchev–Trinajstić information content (AvgIpc) is 3.17. The van der Waals surface area contributed by atoms with E-state index in [9.17, 15) is 9.59 Å². The molecule has 0 aliphatic rings. The Bertz CT molecular complexity index is 1240. The van der Waals surface area contributed by atoms with Gasteiger partial charge < -0.3 is 22.1 Å². The molecule has 2 amide bonds. The Morgan fingerprint density at radius 3 is 2.78 bits per heavy atom. The zero-order valence-electron chi connectivity index (χ0n) is 17.0. The maximum Gasteiger partial charge on any atom is 0.300 e. The number of carbonyl (C=O) groups excluding carboxylic acids is 2. The van der Waals surface area contributed by atoms with Crippen LogP contribution in [0.4, 0.5) is 15.8 Å². The lowest BCUT2D eigenvalue weighted by Crippen LogP contribution is -2.16. The first-order chi connectivity index (χ1) is 15.6. The molecule has 0 radical (unpaired) electrons. The fraction of sp³-hybridized carbons (Fsp3) is 0.136. The lowest BCUT2D eigenvalue weighted by Gasteiger charge is -2.04. The van der Waals surface area contributed by atoms with Crippen LogP contribution in [0, 0.1) is 11.8 Å². The SMILES string of the molecule is NC=NC=NCCCC#CC(=O)Nc1sc(Nc2ccc3ccccc3c2)nc1C(N)=O. The molecule has 162 valence electrons. The van der Waals surface area contributed by atoms with Gasteiger partial charge in [0.05, 0.1) is 6.34 Å². The molecule has 0 saturated heterocycles. The van der Waals surface area contributed by atoms with Gasteiger partial charge in [-0.25, -0.2) is 9.98 Å². The summed E-state index contributed by atoms with van der Waals surface area (Å²) in [5, 5.41) is 8.57. The van der Waals surface area contributed by atoms with E-state index in [0.29, 0.717) is 24.5 Å². The van der Waals surface area contributed by atoms with Gasteiger partial charge in [0.15, 0.2) is 10.8 Å². The number of hydrogen-bond donors (Lipinski definition) is 4. The minimum Gasteiger partial charge on any atom is -0.390 e. The molecule has 32 heavy (non-hydrogen) atoms. The number of fused-ring (bicyclic) bond motifs is 1. The van der Waals surface area contributed by atoms with Crippen molar-refractivity contribution in [2.24, 2.45) is 21.5 Å². The lowest BCUT2D eigenvalue weighted by atomic mass is 10.1. The molecule has 0 saturated carbocycles. The van der Waals surface area contributed by atoms with Gasteiger partial charge in [0, 0.05) is 18.7 Å². The highest BCUT2D eigenvalue weighted by atomic mass is 32.1. The Morgan fingerprint density at radius 1 is 1.19 bits per heavy atom. The maximum atomic E-state index is 12.1. The second kappa shape index (κ2) is 11.2. The number of unbranched alkanes of at least 4 members (excludes halogenated alkanes) is 1. The fourth-order valence-electron chi connectivity index (χ4n) is 2.70. The number of primary amides is 1. The average molecular weight is 448 g/mol. The van der Waals surface area contributed by atoms with Crippen molar-refractivity contribution in [2.75, 3.05) is 17.2 Å². The lowest BCUT2D eigenvalue weighted by molar-refractivity contribution is -0.111. The van der Waals surface area contributed by atoms with Crippen molar-refractivity contribution in [3.8, 4) is 11.8 Å². The minimum atomic E-state index is -0.742. The number of thiazole rings is 1. The van der Waals surface area contributed by atoms with Crippen LogP contribution >= 0.6 is 11.3 Å². The third-order valence-corrected chi connectivity index (χ3v) is 5.00. The molecule has 9 nitrogen and oxygen atoms in total. The third-order valence-electron chi connectivity index (χ3n) is 4.11. The largest absolute Gasteiger partial charge is 0.390 e. The number of nitrogens with zero attached hydrogens (tertiary/aromatic N) is 3. The number of rotatable bonds is 8. The molecule has 0 atom stereocenters. The Morgan fingerprint density at radius 2 is 2.00 bits per heavy atom. The first kappa shape index (κ1) is 22.5. The summed E-state index contributed by atoms with van der Waals surface area (Å²) < 4.78 is 0. The van der Waals surface area contributed by atoms with Crippen LogP contribution in [0.25, 0.3) is 10.8 Å². The van der Waals surface area contributed by atoms with Crippen LogP contribution in [0.1, 0.15) is 23.3 Å². The normalized spacial score (nSPS) is 10.9. The molecule has 1 heterocycles. The van der Waals surface area contributed by atoms with Crippen LogP contribution in [0.15, 0.2) is 52.4 Å². The molecule has 0 bridgehead atoms. The molecular formula is C22H21N7O2S. The Labute approximate surface area is 188 Å². The van der Waals surface area contributed by atoms with Crippen LogP contribution in [0.5, 0.6) is 0 Å². The van der Waals surface area contributed by atoms with E-state index in [1.165, 1.54) is 6.34 Å². The number of nitrogens with two attached hydrogens (primary N) is 2. The van der Waals surface area contributed by atoms with Gasteiger partial charge in [0.2, 0.25) is 0 Å². The highest BCUT2D eigenvalue weighted by molar-refractivity contribution is 7.20. The van der Waals surface area contributed by atoms with Crippen molar-refractivity contribution >= 4 is 62.4 Å². The van der Waals surface area contributed by atoms with Gasteiger partial charge >= 0.3 is 5.91 Å². The standard InChI is InChI=1S/C22H21N7O2S/c23-13-26-14-25-11-5-1-2-8-18(30)28-21-19(20(24)31)29-22(32-21)27-17-10-9-15-6-3-4-7-16(15)12-17/h3-4,6-7,9-10,12-14H,1,5,11H2,(H2,24,31)(H,27,29)(H,28,30)(H2,23,25,26). The van der Waals surface area contributed by atoms with E-state index in [2.05, 4.69) is 37.4 Å². The number of nitrogens with one attached hydrogen (secondary N) is 2. The molecule has 2 aromatic carbocycles. The molecule has 1 aromatic heterocycles. The summed E-state index contributed by atoms with van der Waals surface area (Å²) in [5.41, 5.74) is 11.3. The number of aliphatic imine (C=N–C) groups is 2. The Kier molecular flexibility index (Phi) is 7.89. The monoisotopic (exact) mass is 447 g/mol. The van der Waals surface area contributed by atoms with E-state index in [1.54, 1.807) is 0 Å². The zero-order chi connectivity index (χ0) is 22.8. The smallest absolute Gasteiger partial charge is 0.300 e. The second-order valence-corrected chi connectivity index (χ2v) is 7.43. The van der Waals surface area contributed by atoms with Gasteiger partial charge in [0.1, 0.15) is 11.3 Å². The van der Waals surface area contributed by atoms with Gasteiger partial charge in [-0.1, -0.05) is 47.6 Å². The first-order valence-electron chi connectivity index (χ1n) is 9.65.